The standard InChI is InChI=1S/C19H21NO5/c1-12-4-6-15(13(2)10-12)24-11-14-5-7-16(25-14)17(21)20-19(18(22)23)8-3-9-19/h4-7,10H,3,8-9,11H2,1-2H3,(H,20,21)(H,22,23). The van der Waals surface area contributed by atoms with Crippen LogP contribution in [0.4, 0.5) is 0 Å². The second-order valence-corrected chi connectivity index (χ2v) is 6.52. The third-order valence-corrected chi connectivity index (χ3v) is 4.56. The summed E-state index contributed by atoms with van der Waals surface area (Å²) in [7, 11) is 0. The van der Waals surface area contributed by atoms with Gasteiger partial charge in [0.1, 0.15) is 23.7 Å². The van der Waals surface area contributed by atoms with Gasteiger partial charge >= 0.3 is 5.97 Å². The minimum atomic E-state index is -1.15. The molecule has 0 aliphatic heterocycles. The molecule has 25 heavy (non-hydrogen) atoms. The van der Waals surface area contributed by atoms with Crippen molar-refractivity contribution >= 4 is 11.9 Å². The largest absolute Gasteiger partial charge is 0.485 e. The van der Waals surface area contributed by atoms with Crippen LogP contribution in [0.5, 0.6) is 5.75 Å². The van der Waals surface area contributed by atoms with Crippen LogP contribution < -0.4 is 10.1 Å². The van der Waals surface area contributed by atoms with Gasteiger partial charge in [0, 0.05) is 0 Å². The summed E-state index contributed by atoms with van der Waals surface area (Å²) in [6.45, 7) is 4.18. The highest BCUT2D eigenvalue weighted by molar-refractivity contribution is 5.96. The zero-order valence-electron chi connectivity index (χ0n) is 14.3. The molecular weight excluding hydrogens is 322 g/mol. The first-order valence-corrected chi connectivity index (χ1v) is 8.24. The van der Waals surface area contributed by atoms with Crippen molar-refractivity contribution in [2.75, 3.05) is 0 Å². The lowest BCUT2D eigenvalue weighted by Gasteiger charge is -2.37. The molecule has 3 rings (SSSR count). The zero-order valence-corrected chi connectivity index (χ0v) is 14.3. The summed E-state index contributed by atoms with van der Waals surface area (Å²) < 4.78 is 11.2. The van der Waals surface area contributed by atoms with Gasteiger partial charge in [-0.1, -0.05) is 17.7 Å². The van der Waals surface area contributed by atoms with Crippen LogP contribution in [0.2, 0.25) is 0 Å². The Balaban J connectivity index is 1.62. The summed E-state index contributed by atoms with van der Waals surface area (Å²) >= 11 is 0. The van der Waals surface area contributed by atoms with Gasteiger partial charge in [-0.2, -0.15) is 0 Å². The third-order valence-electron chi connectivity index (χ3n) is 4.56. The monoisotopic (exact) mass is 343 g/mol. The highest BCUT2D eigenvalue weighted by Gasteiger charge is 2.46. The molecule has 6 heteroatoms. The number of hydrogen-bond donors (Lipinski definition) is 2. The molecular formula is C19H21NO5. The SMILES string of the molecule is Cc1ccc(OCc2ccc(C(=O)NC3(C(=O)O)CCC3)o2)c(C)c1. The molecule has 1 amide bonds. The number of nitrogens with one attached hydrogen (secondary N) is 1. The van der Waals surface area contributed by atoms with Gasteiger partial charge in [-0.25, -0.2) is 4.79 Å². The van der Waals surface area contributed by atoms with Gasteiger partial charge in [-0.15, -0.1) is 0 Å². The second kappa shape index (κ2) is 6.63. The number of carbonyl (C=O) groups is 2. The molecule has 1 aliphatic carbocycles. The van der Waals surface area contributed by atoms with E-state index in [4.69, 9.17) is 9.15 Å². The fourth-order valence-electron chi connectivity index (χ4n) is 2.89. The molecule has 6 nitrogen and oxygen atoms in total. The topological polar surface area (TPSA) is 88.8 Å². The Hall–Kier alpha value is -2.76. The molecule has 1 aromatic carbocycles. The number of carbonyl (C=O) groups excluding carboxylic acids is 1. The second-order valence-electron chi connectivity index (χ2n) is 6.52. The van der Waals surface area contributed by atoms with E-state index in [9.17, 15) is 14.7 Å². The van der Waals surface area contributed by atoms with E-state index in [1.807, 2.05) is 32.0 Å². The Morgan fingerprint density at radius 1 is 1.24 bits per heavy atom. The molecule has 1 saturated carbocycles. The van der Waals surface area contributed by atoms with E-state index in [0.717, 1.165) is 23.3 Å². The number of aliphatic carboxylic acids is 1. The van der Waals surface area contributed by atoms with Gasteiger partial charge in [-0.3, -0.25) is 4.79 Å². The lowest BCUT2D eigenvalue weighted by molar-refractivity contribution is -0.148. The van der Waals surface area contributed by atoms with Crippen LogP contribution in [0.1, 0.15) is 46.7 Å². The summed E-state index contributed by atoms with van der Waals surface area (Å²) in [5.74, 6) is -0.168. The lowest BCUT2D eigenvalue weighted by atomic mass is 9.76. The number of furan rings is 1. The molecule has 2 N–H and O–H groups in total. The van der Waals surface area contributed by atoms with E-state index in [2.05, 4.69) is 5.32 Å². The van der Waals surface area contributed by atoms with Crippen LogP contribution in [-0.2, 0) is 11.4 Å². The van der Waals surface area contributed by atoms with Crippen molar-refractivity contribution in [2.24, 2.45) is 0 Å². The molecule has 0 spiro atoms. The van der Waals surface area contributed by atoms with Crippen LogP contribution in [0.3, 0.4) is 0 Å². The van der Waals surface area contributed by atoms with Gasteiger partial charge in [0.15, 0.2) is 5.76 Å². The summed E-state index contributed by atoms with van der Waals surface area (Å²) in [4.78, 5) is 23.6. The van der Waals surface area contributed by atoms with E-state index in [1.54, 1.807) is 6.07 Å². The Bertz CT molecular complexity index is 804. The van der Waals surface area contributed by atoms with Gasteiger partial charge in [0.25, 0.3) is 5.91 Å². The number of hydrogen-bond acceptors (Lipinski definition) is 4. The normalized spacial score (nSPS) is 15.3. The number of amides is 1. The van der Waals surface area contributed by atoms with Gasteiger partial charge in [-0.05, 0) is 56.9 Å². The average Bonchev–Trinajstić information content (AvgIpc) is 2.98. The molecule has 1 aliphatic rings. The molecule has 132 valence electrons. The van der Waals surface area contributed by atoms with Gasteiger partial charge in [0.2, 0.25) is 0 Å². The van der Waals surface area contributed by atoms with Crippen molar-refractivity contribution in [3.05, 3.63) is 53.0 Å². The molecule has 1 fully saturated rings. The molecule has 0 saturated heterocycles. The minimum absolute atomic E-state index is 0.0896. The molecule has 0 bridgehead atoms. The van der Waals surface area contributed by atoms with Gasteiger partial charge in [0.05, 0.1) is 0 Å². The molecule has 0 radical (unpaired) electrons. The van der Waals surface area contributed by atoms with Crippen molar-refractivity contribution in [3.8, 4) is 5.75 Å². The highest BCUT2D eigenvalue weighted by Crippen LogP contribution is 2.32. The molecule has 1 heterocycles. The molecule has 2 aromatic rings. The quantitative estimate of drug-likeness (QED) is 0.841. The first kappa shape index (κ1) is 17.1. The fraction of sp³-hybridized carbons (Fsp3) is 0.368. The van der Waals surface area contributed by atoms with E-state index in [1.165, 1.54) is 6.07 Å². The predicted molar refractivity (Wildman–Crippen MR) is 90.6 cm³/mol. The highest BCUT2D eigenvalue weighted by atomic mass is 16.5. The third kappa shape index (κ3) is 3.52. The van der Waals surface area contributed by atoms with Crippen LogP contribution in [0.25, 0.3) is 0 Å². The summed E-state index contributed by atoms with van der Waals surface area (Å²) in [6, 6.07) is 9.08. The van der Waals surface area contributed by atoms with Crippen LogP contribution in [-0.4, -0.2) is 22.5 Å². The van der Waals surface area contributed by atoms with Crippen molar-refractivity contribution in [1.29, 1.82) is 0 Å². The molecule has 0 unspecified atom stereocenters. The van der Waals surface area contributed by atoms with E-state index < -0.39 is 17.4 Å². The zero-order chi connectivity index (χ0) is 18.0. The summed E-state index contributed by atoms with van der Waals surface area (Å²) in [5, 5.41) is 11.9. The van der Waals surface area contributed by atoms with Crippen molar-refractivity contribution in [3.63, 3.8) is 0 Å². The summed E-state index contributed by atoms with van der Waals surface area (Å²) in [5.41, 5.74) is 1.03. The molecule has 0 atom stereocenters. The van der Waals surface area contributed by atoms with Crippen LogP contribution in [0, 0.1) is 13.8 Å². The maximum absolute atomic E-state index is 12.2. The van der Waals surface area contributed by atoms with Crippen molar-refractivity contribution < 1.29 is 23.8 Å². The minimum Gasteiger partial charge on any atom is -0.485 e. The van der Waals surface area contributed by atoms with E-state index >= 15 is 0 Å². The van der Waals surface area contributed by atoms with Crippen molar-refractivity contribution in [2.45, 2.75) is 45.3 Å². The van der Waals surface area contributed by atoms with Crippen molar-refractivity contribution in [1.82, 2.24) is 5.32 Å². The Morgan fingerprint density at radius 2 is 2.00 bits per heavy atom. The number of carboxylic acids is 1. The summed E-state index contributed by atoms with van der Waals surface area (Å²) in [6.07, 6.45) is 1.68. The number of rotatable bonds is 6. The number of benzene rings is 1. The van der Waals surface area contributed by atoms with E-state index in [-0.39, 0.29) is 12.4 Å². The maximum Gasteiger partial charge on any atom is 0.329 e. The van der Waals surface area contributed by atoms with E-state index in [0.29, 0.717) is 18.6 Å². The smallest absolute Gasteiger partial charge is 0.329 e. The number of ether oxygens (including phenoxy) is 1. The van der Waals surface area contributed by atoms with Crippen LogP contribution >= 0.6 is 0 Å². The lowest BCUT2D eigenvalue weighted by Crippen LogP contribution is -2.59. The van der Waals surface area contributed by atoms with Crippen LogP contribution in [0.15, 0.2) is 34.7 Å². The Morgan fingerprint density at radius 3 is 2.60 bits per heavy atom. The Kier molecular flexibility index (Phi) is 4.53. The maximum atomic E-state index is 12.2. The number of aryl methyl sites for hydroxylation is 2. The Labute approximate surface area is 145 Å². The fourth-order valence-corrected chi connectivity index (χ4v) is 2.89. The number of carboxylic acid groups (broad SMARTS) is 1. The van der Waals surface area contributed by atoms with Gasteiger partial charge < -0.3 is 19.6 Å². The predicted octanol–water partition coefficient (Wildman–Crippen LogP) is 3.21. The molecule has 1 aromatic heterocycles. The first-order valence-electron chi connectivity index (χ1n) is 8.24. The first-order chi connectivity index (χ1) is 11.9. The average molecular weight is 343 g/mol.